The van der Waals surface area contributed by atoms with Gasteiger partial charge in [-0.05, 0) is 32.3 Å². The first kappa shape index (κ1) is 12.8. The Morgan fingerprint density at radius 1 is 1.44 bits per heavy atom. The fraction of sp³-hybridized carbons (Fsp3) is 0.385. The van der Waals surface area contributed by atoms with Crippen LogP contribution in [0.3, 0.4) is 0 Å². The molecule has 0 fully saturated rings. The van der Waals surface area contributed by atoms with E-state index in [0.29, 0.717) is 5.00 Å². The minimum atomic E-state index is -1.00. The van der Waals surface area contributed by atoms with Gasteiger partial charge in [-0.1, -0.05) is 12.2 Å². The number of hydrogen-bond acceptors (Lipinski definition) is 3. The molecule has 0 radical (unpaired) electrons. The van der Waals surface area contributed by atoms with Gasteiger partial charge in [0.2, 0.25) is 5.91 Å². The van der Waals surface area contributed by atoms with Crippen molar-refractivity contribution in [3.05, 3.63) is 28.7 Å². The van der Waals surface area contributed by atoms with Gasteiger partial charge >= 0.3 is 5.97 Å². The molecule has 1 atom stereocenters. The Labute approximate surface area is 109 Å². The summed E-state index contributed by atoms with van der Waals surface area (Å²) >= 11 is 1.30. The van der Waals surface area contributed by atoms with Gasteiger partial charge in [0.15, 0.2) is 0 Å². The summed E-state index contributed by atoms with van der Waals surface area (Å²) < 4.78 is 0. The standard InChI is InChI=1S/C13H15NO3S/c1-8-7-10(13(16)17)12(18-8)14-11(15)9-5-3-2-4-6-9/h2-3,7,9H,4-6H2,1H3,(H,14,15)(H,16,17). The molecule has 0 saturated heterocycles. The van der Waals surface area contributed by atoms with Crippen LogP contribution in [0.4, 0.5) is 5.00 Å². The van der Waals surface area contributed by atoms with E-state index in [0.717, 1.165) is 24.1 Å². The number of amides is 1. The molecule has 2 rings (SSSR count). The highest BCUT2D eigenvalue weighted by molar-refractivity contribution is 7.16. The van der Waals surface area contributed by atoms with E-state index in [1.165, 1.54) is 11.3 Å². The van der Waals surface area contributed by atoms with Crippen LogP contribution in [0.1, 0.15) is 34.5 Å². The number of thiophene rings is 1. The van der Waals surface area contributed by atoms with E-state index in [1.54, 1.807) is 6.07 Å². The summed E-state index contributed by atoms with van der Waals surface area (Å²) in [6.07, 6.45) is 6.55. The van der Waals surface area contributed by atoms with Crippen LogP contribution in [0.25, 0.3) is 0 Å². The lowest BCUT2D eigenvalue weighted by molar-refractivity contribution is -0.120. The number of anilines is 1. The minimum Gasteiger partial charge on any atom is -0.478 e. The fourth-order valence-electron chi connectivity index (χ4n) is 2.01. The lowest BCUT2D eigenvalue weighted by Gasteiger charge is -2.16. The molecule has 1 aliphatic rings. The highest BCUT2D eigenvalue weighted by Gasteiger charge is 2.22. The molecule has 1 aromatic rings. The molecular weight excluding hydrogens is 250 g/mol. The maximum Gasteiger partial charge on any atom is 0.338 e. The van der Waals surface area contributed by atoms with Crippen molar-refractivity contribution in [3.63, 3.8) is 0 Å². The van der Waals surface area contributed by atoms with E-state index in [2.05, 4.69) is 11.4 Å². The molecular formula is C13H15NO3S. The van der Waals surface area contributed by atoms with Gasteiger partial charge in [-0.2, -0.15) is 0 Å². The number of aromatic carboxylic acids is 1. The van der Waals surface area contributed by atoms with Crippen LogP contribution in [-0.2, 0) is 4.79 Å². The number of carbonyl (C=O) groups excluding carboxylic acids is 1. The van der Waals surface area contributed by atoms with Crippen LogP contribution in [0.5, 0.6) is 0 Å². The predicted octanol–water partition coefficient (Wildman–Crippen LogP) is 3.05. The largest absolute Gasteiger partial charge is 0.478 e. The molecule has 5 heteroatoms. The maximum absolute atomic E-state index is 12.0. The second kappa shape index (κ2) is 5.35. The number of hydrogen-bond donors (Lipinski definition) is 2. The number of aryl methyl sites for hydroxylation is 1. The summed E-state index contributed by atoms with van der Waals surface area (Å²) in [7, 11) is 0. The molecule has 4 nitrogen and oxygen atoms in total. The molecule has 1 aliphatic carbocycles. The van der Waals surface area contributed by atoms with Crippen molar-refractivity contribution in [1.29, 1.82) is 0 Å². The van der Waals surface area contributed by atoms with E-state index in [4.69, 9.17) is 5.11 Å². The topological polar surface area (TPSA) is 66.4 Å². The van der Waals surface area contributed by atoms with Crippen LogP contribution < -0.4 is 5.32 Å². The number of carboxylic acids is 1. The highest BCUT2D eigenvalue weighted by Crippen LogP contribution is 2.29. The van der Waals surface area contributed by atoms with Gasteiger partial charge in [0.1, 0.15) is 5.00 Å². The van der Waals surface area contributed by atoms with Crippen LogP contribution in [0.15, 0.2) is 18.2 Å². The number of rotatable bonds is 3. The number of carbonyl (C=O) groups is 2. The van der Waals surface area contributed by atoms with Crippen molar-refractivity contribution in [1.82, 2.24) is 0 Å². The van der Waals surface area contributed by atoms with Gasteiger partial charge in [-0.25, -0.2) is 4.79 Å². The molecule has 2 N–H and O–H groups in total. The van der Waals surface area contributed by atoms with Crippen molar-refractivity contribution < 1.29 is 14.7 Å². The third-order valence-electron chi connectivity index (χ3n) is 2.96. The van der Waals surface area contributed by atoms with Crippen LogP contribution in [0.2, 0.25) is 0 Å². The molecule has 0 bridgehead atoms. The Hall–Kier alpha value is -1.62. The van der Waals surface area contributed by atoms with Crippen molar-refractivity contribution in [3.8, 4) is 0 Å². The molecule has 1 heterocycles. The van der Waals surface area contributed by atoms with E-state index in [1.807, 2.05) is 13.0 Å². The summed E-state index contributed by atoms with van der Waals surface area (Å²) in [6.45, 7) is 1.83. The Balaban J connectivity index is 2.11. The number of nitrogens with one attached hydrogen (secondary N) is 1. The Morgan fingerprint density at radius 3 is 2.83 bits per heavy atom. The third-order valence-corrected chi connectivity index (χ3v) is 3.93. The SMILES string of the molecule is Cc1cc(C(=O)O)c(NC(=O)C2CC=CCC2)s1. The lowest BCUT2D eigenvalue weighted by Crippen LogP contribution is -2.23. The Morgan fingerprint density at radius 2 is 2.22 bits per heavy atom. The predicted molar refractivity (Wildman–Crippen MR) is 71.1 cm³/mol. The van der Waals surface area contributed by atoms with Gasteiger partial charge in [0.25, 0.3) is 0 Å². The fourth-order valence-corrected chi connectivity index (χ4v) is 2.92. The zero-order valence-electron chi connectivity index (χ0n) is 10.1. The summed E-state index contributed by atoms with van der Waals surface area (Å²) in [5.41, 5.74) is 0.178. The van der Waals surface area contributed by atoms with Crippen LogP contribution >= 0.6 is 11.3 Å². The molecule has 1 amide bonds. The van der Waals surface area contributed by atoms with Gasteiger partial charge in [0, 0.05) is 10.8 Å². The molecule has 0 aliphatic heterocycles. The summed E-state index contributed by atoms with van der Waals surface area (Å²) in [5.74, 6) is -1.12. The zero-order valence-corrected chi connectivity index (χ0v) is 10.9. The van der Waals surface area contributed by atoms with Crippen LogP contribution in [0, 0.1) is 12.8 Å². The molecule has 18 heavy (non-hydrogen) atoms. The van der Waals surface area contributed by atoms with Crippen LogP contribution in [-0.4, -0.2) is 17.0 Å². The summed E-state index contributed by atoms with van der Waals surface area (Å²) in [6, 6.07) is 1.59. The van der Waals surface area contributed by atoms with Gasteiger partial charge in [0.05, 0.1) is 5.56 Å². The van der Waals surface area contributed by atoms with E-state index in [-0.39, 0.29) is 17.4 Å². The van der Waals surface area contributed by atoms with Crippen molar-refractivity contribution in [2.24, 2.45) is 5.92 Å². The second-order valence-electron chi connectivity index (χ2n) is 4.38. The van der Waals surface area contributed by atoms with Gasteiger partial charge in [-0.15, -0.1) is 11.3 Å². The number of carboxylic acid groups (broad SMARTS) is 1. The Kier molecular flexibility index (Phi) is 3.81. The smallest absolute Gasteiger partial charge is 0.338 e. The normalized spacial score (nSPS) is 18.6. The van der Waals surface area contributed by atoms with Crippen molar-refractivity contribution in [2.75, 3.05) is 5.32 Å². The van der Waals surface area contributed by atoms with Gasteiger partial charge in [-0.3, -0.25) is 4.79 Å². The van der Waals surface area contributed by atoms with Crippen molar-refractivity contribution >= 4 is 28.2 Å². The third kappa shape index (κ3) is 2.79. The molecule has 96 valence electrons. The van der Waals surface area contributed by atoms with E-state index in [9.17, 15) is 9.59 Å². The lowest BCUT2D eigenvalue weighted by atomic mass is 9.94. The highest BCUT2D eigenvalue weighted by atomic mass is 32.1. The molecule has 0 spiro atoms. The first-order valence-electron chi connectivity index (χ1n) is 5.87. The quantitative estimate of drug-likeness (QED) is 0.825. The van der Waals surface area contributed by atoms with E-state index < -0.39 is 5.97 Å². The molecule has 0 aromatic carbocycles. The number of allylic oxidation sites excluding steroid dienone is 2. The first-order valence-corrected chi connectivity index (χ1v) is 6.69. The Bertz CT molecular complexity index is 504. The van der Waals surface area contributed by atoms with Gasteiger partial charge < -0.3 is 10.4 Å². The first-order chi connectivity index (χ1) is 8.58. The monoisotopic (exact) mass is 265 g/mol. The summed E-state index contributed by atoms with van der Waals surface area (Å²) in [4.78, 5) is 23.9. The van der Waals surface area contributed by atoms with E-state index >= 15 is 0 Å². The molecule has 1 unspecified atom stereocenters. The average molecular weight is 265 g/mol. The second-order valence-corrected chi connectivity index (χ2v) is 5.63. The summed E-state index contributed by atoms with van der Waals surface area (Å²) in [5, 5.41) is 12.2. The average Bonchev–Trinajstić information content (AvgIpc) is 2.71. The zero-order chi connectivity index (χ0) is 13.1. The molecule has 0 saturated carbocycles. The minimum absolute atomic E-state index is 0.0425. The molecule has 1 aromatic heterocycles. The maximum atomic E-state index is 12.0. The van der Waals surface area contributed by atoms with Crippen molar-refractivity contribution in [2.45, 2.75) is 26.2 Å².